The van der Waals surface area contributed by atoms with Gasteiger partial charge in [0.25, 0.3) is 0 Å². The minimum atomic E-state index is -0.114. The van der Waals surface area contributed by atoms with Crippen LogP contribution in [0.4, 0.5) is 0 Å². The highest BCUT2D eigenvalue weighted by atomic mass is 16.5. The van der Waals surface area contributed by atoms with E-state index in [1.54, 1.807) is 12.0 Å². The minimum absolute atomic E-state index is 0.00785. The van der Waals surface area contributed by atoms with E-state index in [4.69, 9.17) is 4.74 Å². The number of piperazine rings is 1. The van der Waals surface area contributed by atoms with Gasteiger partial charge >= 0.3 is 0 Å². The van der Waals surface area contributed by atoms with Crippen LogP contribution in [0, 0.1) is 0 Å². The number of aryl methyl sites for hydroxylation is 1. The summed E-state index contributed by atoms with van der Waals surface area (Å²) in [6.07, 6.45) is 0.986. The molecule has 0 bridgehead atoms. The lowest BCUT2D eigenvalue weighted by Gasteiger charge is -2.36. The van der Waals surface area contributed by atoms with Crippen LogP contribution in [0.15, 0.2) is 54.6 Å². The lowest BCUT2D eigenvalue weighted by atomic mass is 10.0. The third-order valence-electron chi connectivity index (χ3n) is 4.45. The Morgan fingerprint density at radius 1 is 1.20 bits per heavy atom. The molecule has 5 heteroatoms. The normalized spacial score (nSPS) is 17.1. The summed E-state index contributed by atoms with van der Waals surface area (Å²) in [4.78, 5) is 26.2. The first-order chi connectivity index (χ1) is 12.2. The molecule has 1 atom stereocenters. The van der Waals surface area contributed by atoms with Crippen LogP contribution in [-0.2, 0) is 16.0 Å². The Hall–Kier alpha value is -2.82. The van der Waals surface area contributed by atoms with Gasteiger partial charge in [-0.2, -0.15) is 0 Å². The number of amides is 2. The van der Waals surface area contributed by atoms with E-state index >= 15 is 0 Å². The molecule has 0 saturated carbocycles. The summed E-state index contributed by atoms with van der Waals surface area (Å²) in [5.74, 6) is 0.665. The molecule has 0 spiro atoms. The SMILES string of the molecule is COc1cccc(CCC(=O)N2CC(=O)NCC2c2ccccc2)c1. The molecule has 5 nitrogen and oxygen atoms in total. The number of carbonyl (C=O) groups excluding carboxylic acids is 2. The lowest BCUT2D eigenvalue weighted by Crippen LogP contribution is -2.51. The minimum Gasteiger partial charge on any atom is -0.497 e. The van der Waals surface area contributed by atoms with Gasteiger partial charge in [0.15, 0.2) is 0 Å². The second-order valence-electron chi connectivity index (χ2n) is 6.10. The number of methoxy groups -OCH3 is 1. The van der Waals surface area contributed by atoms with Crippen molar-refractivity contribution in [2.75, 3.05) is 20.2 Å². The van der Waals surface area contributed by atoms with E-state index in [0.29, 0.717) is 19.4 Å². The molecule has 1 saturated heterocycles. The van der Waals surface area contributed by atoms with Gasteiger partial charge in [0, 0.05) is 13.0 Å². The van der Waals surface area contributed by atoms with E-state index in [9.17, 15) is 9.59 Å². The highest BCUT2D eigenvalue weighted by Gasteiger charge is 2.30. The monoisotopic (exact) mass is 338 g/mol. The second kappa shape index (κ2) is 7.83. The molecule has 1 aliphatic heterocycles. The Balaban J connectivity index is 1.70. The molecular formula is C20H22N2O3. The highest BCUT2D eigenvalue weighted by molar-refractivity contribution is 5.86. The second-order valence-corrected chi connectivity index (χ2v) is 6.10. The van der Waals surface area contributed by atoms with E-state index < -0.39 is 0 Å². The van der Waals surface area contributed by atoms with Crippen molar-refractivity contribution >= 4 is 11.8 Å². The summed E-state index contributed by atoms with van der Waals surface area (Å²) in [7, 11) is 1.63. The van der Waals surface area contributed by atoms with Gasteiger partial charge in [0.2, 0.25) is 11.8 Å². The smallest absolute Gasteiger partial charge is 0.239 e. The summed E-state index contributed by atoms with van der Waals surface area (Å²) in [6.45, 7) is 0.560. The van der Waals surface area contributed by atoms with E-state index in [0.717, 1.165) is 16.9 Å². The number of ether oxygens (including phenoxy) is 1. The molecule has 2 aromatic carbocycles. The number of nitrogens with zero attached hydrogens (tertiary/aromatic N) is 1. The maximum Gasteiger partial charge on any atom is 0.239 e. The molecule has 2 aromatic rings. The molecule has 1 fully saturated rings. The first kappa shape index (κ1) is 17.0. The molecule has 0 aromatic heterocycles. The van der Waals surface area contributed by atoms with Gasteiger partial charge in [-0.1, -0.05) is 42.5 Å². The van der Waals surface area contributed by atoms with Crippen LogP contribution in [0.25, 0.3) is 0 Å². The average molecular weight is 338 g/mol. The largest absolute Gasteiger partial charge is 0.497 e. The molecule has 1 N–H and O–H groups in total. The Morgan fingerprint density at radius 3 is 2.76 bits per heavy atom. The van der Waals surface area contributed by atoms with Crippen LogP contribution in [0.5, 0.6) is 5.75 Å². The van der Waals surface area contributed by atoms with Crippen molar-refractivity contribution in [3.05, 3.63) is 65.7 Å². The topological polar surface area (TPSA) is 58.6 Å². The summed E-state index contributed by atoms with van der Waals surface area (Å²) in [5.41, 5.74) is 2.09. The summed E-state index contributed by atoms with van der Waals surface area (Å²) in [5, 5.41) is 2.85. The molecule has 0 radical (unpaired) electrons. The van der Waals surface area contributed by atoms with E-state index in [-0.39, 0.29) is 24.4 Å². The molecule has 1 heterocycles. The number of nitrogens with one attached hydrogen (secondary N) is 1. The van der Waals surface area contributed by atoms with Gasteiger partial charge in [0.05, 0.1) is 13.2 Å². The van der Waals surface area contributed by atoms with Crippen LogP contribution < -0.4 is 10.1 Å². The maximum absolute atomic E-state index is 12.8. The number of rotatable bonds is 5. The molecule has 3 rings (SSSR count). The van der Waals surface area contributed by atoms with Gasteiger partial charge in [0.1, 0.15) is 12.3 Å². The van der Waals surface area contributed by atoms with Crippen molar-refractivity contribution in [3.63, 3.8) is 0 Å². The summed E-state index contributed by atoms with van der Waals surface area (Å²) in [6, 6.07) is 17.4. The molecule has 2 amide bonds. The van der Waals surface area contributed by atoms with Gasteiger partial charge in [-0.3, -0.25) is 9.59 Å². The number of benzene rings is 2. The zero-order chi connectivity index (χ0) is 17.6. The Labute approximate surface area is 147 Å². The summed E-state index contributed by atoms with van der Waals surface area (Å²) < 4.78 is 5.22. The van der Waals surface area contributed by atoms with Gasteiger partial charge < -0.3 is 15.0 Å². The zero-order valence-corrected chi connectivity index (χ0v) is 14.3. The Kier molecular flexibility index (Phi) is 5.33. The van der Waals surface area contributed by atoms with Crippen LogP contribution in [0.3, 0.4) is 0 Å². The van der Waals surface area contributed by atoms with E-state index in [1.807, 2.05) is 54.6 Å². The Morgan fingerprint density at radius 2 is 2.00 bits per heavy atom. The van der Waals surface area contributed by atoms with Crippen LogP contribution in [0.1, 0.15) is 23.6 Å². The third kappa shape index (κ3) is 4.18. The van der Waals surface area contributed by atoms with Crippen molar-refractivity contribution in [1.82, 2.24) is 10.2 Å². The van der Waals surface area contributed by atoms with Gasteiger partial charge in [-0.25, -0.2) is 0 Å². The van der Waals surface area contributed by atoms with Crippen LogP contribution >= 0.6 is 0 Å². The van der Waals surface area contributed by atoms with Crippen molar-refractivity contribution in [3.8, 4) is 5.75 Å². The fourth-order valence-electron chi connectivity index (χ4n) is 3.10. The van der Waals surface area contributed by atoms with Gasteiger partial charge in [-0.15, -0.1) is 0 Å². The average Bonchev–Trinajstić information content (AvgIpc) is 2.67. The van der Waals surface area contributed by atoms with Gasteiger partial charge in [-0.05, 0) is 29.7 Å². The van der Waals surface area contributed by atoms with E-state index in [1.165, 1.54) is 0 Å². The third-order valence-corrected chi connectivity index (χ3v) is 4.45. The fraction of sp³-hybridized carbons (Fsp3) is 0.300. The van der Waals surface area contributed by atoms with Crippen LogP contribution in [-0.4, -0.2) is 36.9 Å². The highest BCUT2D eigenvalue weighted by Crippen LogP contribution is 2.24. The summed E-state index contributed by atoms with van der Waals surface area (Å²) >= 11 is 0. The van der Waals surface area contributed by atoms with Crippen LogP contribution in [0.2, 0.25) is 0 Å². The fourth-order valence-corrected chi connectivity index (χ4v) is 3.10. The molecule has 0 aliphatic carbocycles. The number of hydrogen-bond acceptors (Lipinski definition) is 3. The molecule has 25 heavy (non-hydrogen) atoms. The van der Waals surface area contributed by atoms with E-state index in [2.05, 4.69) is 5.32 Å². The van der Waals surface area contributed by atoms with Crippen molar-refractivity contribution in [1.29, 1.82) is 0 Å². The Bertz CT molecular complexity index is 746. The first-order valence-corrected chi connectivity index (χ1v) is 8.41. The standard InChI is InChI=1S/C20H22N2O3/c1-25-17-9-5-6-15(12-17)10-11-20(24)22-14-19(23)21-13-18(22)16-7-3-2-4-8-16/h2-9,12,18H,10-11,13-14H2,1H3,(H,21,23). The molecule has 1 aliphatic rings. The predicted molar refractivity (Wildman–Crippen MR) is 95.2 cm³/mol. The van der Waals surface area contributed by atoms with Crippen molar-refractivity contribution in [2.45, 2.75) is 18.9 Å². The first-order valence-electron chi connectivity index (χ1n) is 8.41. The molecular weight excluding hydrogens is 316 g/mol. The lowest BCUT2D eigenvalue weighted by molar-refractivity contribution is -0.141. The zero-order valence-electron chi connectivity index (χ0n) is 14.3. The quantitative estimate of drug-likeness (QED) is 0.910. The predicted octanol–water partition coefficient (Wildman–Crippen LogP) is 2.33. The van der Waals surface area contributed by atoms with Crippen molar-refractivity contribution < 1.29 is 14.3 Å². The molecule has 130 valence electrons. The molecule has 1 unspecified atom stereocenters. The maximum atomic E-state index is 12.8. The van der Waals surface area contributed by atoms with Crippen molar-refractivity contribution in [2.24, 2.45) is 0 Å². The number of carbonyl (C=O) groups is 2. The number of hydrogen-bond donors (Lipinski definition) is 1.